The van der Waals surface area contributed by atoms with E-state index in [0.717, 1.165) is 11.3 Å². The van der Waals surface area contributed by atoms with E-state index in [1.54, 1.807) is 6.08 Å². The van der Waals surface area contributed by atoms with Crippen LogP contribution in [0.1, 0.15) is 24.4 Å². The van der Waals surface area contributed by atoms with Crippen LogP contribution in [0, 0.1) is 6.92 Å². The summed E-state index contributed by atoms with van der Waals surface area (Å²) in [6.07, 6.45) is 1.47. The first kappa shape index (κ1) is 17.1. The topological polar surface area (TPSA) is 83.0 Å². The third-order valence-electron chi connectivity index (χ3n) is 3.16. The lowest BCUT2D eigenvalue weighted by atomic mass is 10.2. The summed E-state index contributed by atoms with van der Waals surface area (Å²) >= 11 is 1.25. The summed E-state index contributed by atoms with van der Waals surface area (Å²) < 4.78 is 7.88. The van der Waals surface area contributed by atoms with Crippen molar-refractivity contribution in [3.05, 3.63) is 48.3 Å². The molecule has 0 saturated carbocycles. The van der Waals surface area contributed by atoms with Crippen molar-refractivity contribution in [1.29, 1.82) is 0 Å². The Kier molecular flexibility index (Phi) is 5.81. The van der Waals surface area contributed by atoms with Crippen molar-refractivity contribution in [2.24, 2.45) is 5.73 Å². The number of amides is 1. The van der Waals surface area contributed by atoms with Gasteiger partial charge in [0.25, 0.3) is 0 Å². The summed E-state index contributed by atoms with van der Waals surface area (Å²) in [5.74, 6) is 1.25. The Balaban J connectivity index is 2.22. The molecule has 1 amide bonds. The van der Waals surface area contributed by atoms with Crippen LogP contribution in [0.3, 0.4) is 0 Å². The molecule has 2 rings (SSSR count). The summed E-state index contributed by atoms with van der Waals surface area (Å²) in [7, 11) is 0. The van der Waals surface area contributed by atoms with Crippen molar-refractivity contribution in [2.75, 3.05) is 5.75 Å². The van der Waals surface area contributed by atoms with Crippen LogP contribution in [0.25, 0.3) is 0 Å². The Morgan fingerprint density at radius 2 is 2.22 bits per heavy atom. The number of hydrogen-bond donors (Lipinski definition) is 1. The van der Waals surface area contributed by atoms with E-state index < -0.39 is 5.91 Å². The van der Waals surface area contributed by atoms with Gasteiger partial charge in [-0.05, 0) is 25.5 Å². The lowest BCUT2D eigenvalue weighted by molar-refractivity contribution is -0.115. The first-order chi connectivity index (χ1) is 11.0. The number of ether oxygens (including phenoxy) is 1. The number of carbonyl (C=O) groups is 1. The summed E-state index contributed by atoms with van der Waals surface area (Å²) in [5.41, 5.74) is 6.24. The molecule has 1 aromatic heterocycles. The number of rotatable bonds is 8. The van der Waals surface area contributed by atoms with E-state index in [-0.39, 0.29) is 11.9 Å². The lowest BCUT2D eigenvalue weighted by Crippen LogP contribution is -2.15. The average molecular weight is 332 g/mol. The van der Waals surface area contributed by atoms with Crippen LogP contribution in [0.5, 0.6) is 5.75 Å². The fourth-order valence-corrected chi connectivity index (χ4v) is 2.77. The molecular weight excluding hydrogens is 312 g/mol. The van der Waals surface area contributed by atoms with Crippen molar-refractivity contribution in [3.63, 3.8) is 0 Å². The Bertz CT molecular complexity index is 699. The number of para-hydroxylation sites is 1. The lowest BCUT2D eigenvalue weighted by Gasteiger charge is -2.17. The number of thioether (sulfide) groups is 1. The monoisotopic (exact) mass is 332 g/mol. The van der Waals surface area contributed by atoms with E-state index in [2.05, 4.69) is 16.8 Å². The molecule has 0 aliphatic carbocycles. The largest absolute Gasteiger partial charge is 0.482 e. The molecule has 0 unspecified atom stereocenters. The summed E-state index contributed by atoms with van der Waals surface area (Å²) in [5, 5.41) is 8.96. The van der Waals surface area contributed by atoms with E-state index in [0.29, 0.717) is 17.5 Å². The zero-order valence-corrected chi connectivity index (χ0v) is 14.0. The minimum Gasteiger partial charge on any atom is -0.482 e. The van der Waals surface area contributed by atoms with Gasteiger partial charge in [-0.1, -0.05) is 36.0 Å². The van der Waals surface area contributed by atoms with Crippen LogP contribution in [0.2, 0.25) is 0 Å². The SMILES string of the molecule is C=CCn1c(SCC(N)=O)nnc1[C@H](C)Oc1ccccc1C. The van der Waals surface area contributed by atoms with Crippen LogP contribution in [-0.4, -0.2) is 26.4 Å². The van der Waals surface area contributed by atoms with E-state index in [9.17, 15) is 4.79 Å². The molecule has 2 N–H and O–H groups in total. The Hall–Kier alpha value is -2.28. The van der Waals surface area contributed by atoms with Gasteiger partial charge in [0, 0.05) is 6.54 Å². The molecule has 7 heteroatoms. The van der Waals surface area contributed by atoms with Crippen LogP contribution >= 0.6 is 11.8 Å². The quantitative estimate of drug-likeness (QED) is 0.593. The number of nitrogens with zero attached hydrogens (tertiary/aromatic N) is 3. The molecule has 0 fully saturated rings. The number of primary amides is 1. The molecule has 0 saturated heterocycles. The number of carbonyl (C=O) groups excluding carboxylic acids is 1. The summed E-state index contributed by atoms with van der Waals surface area (Å²) in [6.45, 7) is 8.19. The molecule has 0 radical (unpaired) electrons. The number of hydrogen-bond acceptors (Lipinski definition) is 5. The third kappa shape index (κ3) is 4.35. The number of aryl methyl sites for hydroxylation is 1. The second-order valence-electron chi connectivity index (χ2n) is 5.02. The highest BCUT2D eigenvalue weighted by Gasteiger charge is 2.19. The van der Waals surface area contributed by atoms with Crippen LogP contribution in [0.15, 0.2) is 42.1 Å². The number of aromatic nitrogens is 3. The zero-order chi connectivity index (χ0) is 16.8. The van der Waals surface area contributed by atoms with Gasteiger partial charge in [0.05, 0.1) is 5.75 Å². The Labute approximate surface area is 139 Å². The van der Waals surface area contributed by atoms with Gasteiger partial charge in [-0.15, -0.1) is 16.8 Å². The maximum Gasteiger partial charge on any atom is 0.227 e. The van der Waals surface area contributed by atoms with E-state index in [1.165, 1.54) is 11.8 Å². The molecular formula is C16H20N4O2S. The highest BCUT2D eigenvalue weighted by atomic mass is 32.2. The van der Waals surface area contributed by atoms with E-state index in [1.807, 2.05) is 42.7 Å². The molecule has 0 spiro atoms. The van der Waals surface area contributed by atoms with Crippen LogP contribution in [-0.2, 0) is 11.3 Å². The van der Waals surface area contributed by atoms with Gasteiger partial charge in [0.1, 0.15) is 5.75 Å². The van der Waals surface area contributed by atoms with Crippen LogP contribution in [0.4, 0.5) is 0 Å². The van der Waals surface area contributed by atoms with Gasteiger partial charge in [-0.25, -0.2) is 0 Å². The maximum atomic E-state index is 11.0. The smallest absolute Gasteiger partial charge is 0.227 e. The first-order valence-electron chi connectivity index (χ1n) is 7.20. The standard InChI is InChI=1S/C16H20N4O2S/c1-4-9-20-15(18-19-16(20)23-10-14(17)21)12(3)22-13-8-6-5-7-11(13)2/h4-8,12H,1,9-10H2,2-3H3,(H2,17,21)/t12-/m0/s1. The highest BCUT2D eigenvalue weighted by molar-refractivity contribution is 7.99. The molecule has 122 valence electrons. The van der Waals surface area contributed by atoms with E-state index >= 15 is 0 Å². The average Bonchev–Trinajstić information content (AvgIpc) is 2.91. The molecule has 1 atom stereocenters. The minimum atomic E-state index is -0.395. The highest BCUT2D eigenvalue weighted by Crippen LogP contribution is 2.26. The molecule has 0 bridgehead atoms. The van der Waals surface area contributed by atoms with Gasteiger partial charge in [-0.2, -0.15) is 0 Å². The fraction of sp³-hybridized carbons (Fsp3) is 0.312. The second kappa shape index (κ2) is 7.82. The predicted molar refractivity (Wildman–Crippen MR) is 90.4 cm³/mol. The molecule has 23 heavy (non-hydrogen) atoms. The maximum absolute atomic E-state index is 11.0. The van der Waals surface area contributed by atoms with Gasteiger partial charge in [0.15, 0.2) is 17.1 Å². The Morgan fingerprint density at radius 1 is 1.48 bits per heavy atom. The van der Waals surface area contributed by atoms with E-state index in [4.69, 9.17) is 10.5 Å². The summed E-state index contributed by atoms with van der Waals surface area (Å²) in [4.78, 5) is 11.0. The number of nitrogens with two attached hydrogens (primary N) is 1. The summed E-state index contributed by atoms with van der Waals surface area (Å²) in [6, 6.07) is 7.80. The van der Waals surface area contributed by atoms with Crippen molar-refractivity contribution >= 4 is 17.7 Å². The molecule has 0 aliphatic rings. The molecule has 6 nitrogen and oxygen atoms in total. The second-order valence-corrected chi connectivity index (χ2v) is 5.96. The molecule has 1 aromatic carbocycles. The van der Waals surface area contributed by atoms with Gasteiger partial charge < -0.3 is 10.5 Å². The van der Waals surface area contributed by atoms with Gasteiger partial charge >= 0.3 is 0 Å². The predicted octanol–water partition coefficient (Wildman–Crippen LogP) is 2.49. The number of benzene rings is 1. The van der Waals surface area contributed by atoms with Gasteiger partial charge in [0.2, 0.25) is 5.91 Å². The van der Waals surface area contributed by atoms with Crippen molar-refractivity contribution in [1.82, 2.24) is 14.8 Å². The van der Waals surface area contributed by atoms with Crippen molar-refractivity contribution < 1.29 is 9.53 Å². The van der Waals surface area contributed by atoms with Crippen LogP contribution < -0.4 is 10.5 Å². The fourth-order valence-electron chi connectivity index (χ4n) is 2.08. The number of allylic oxidation sites excluding steroid dienone is 1. The zero-order valence-electron chi connectivity index (χ0n) is 13.2. The minimum absolute atomic E-state index is 0.155. The first-order valence-corrected chi connectivity index (χ1v) is 8.19. The van der Waals surface area contributed by atoms with Crippen molar-refractivity contribution in [3.8, 4) is 5.75 Å². The van der Waals surface area contributed by atoms with Gasteiger partial charge in [-0.3, -0.25) is 9.36 Å². The molecule has 2 aromatic rings. The molecule has 1 heterocycles. The van der Waals surface area contributed by atoms with Crippen molar-refractivity contribution in [2.45, 2.75) is 31.7 Å². The Morgan fingerprint density at radius 3 is 2.87 bits per heavy atom. The molecule has 0 aliphatic heterocycles. The third-order valence-corrected chi connectivity index (χ3v) is 4.15. The normalized spacial score (nSPS) is 11.9.